The summed E-state index contributed by atoms with van der Waals surface area (Å²) in [5.74, 6) is -1.56. The number of nitrogens with one attached hydrogen (secondary N) is 1. The predicted octanol–water partition coefficient (Wildman–Crippen LogP) is 0.117. The van der Waals surface area contributed by atoms with Crippen LogP contribution in [0.15, 0.2) is 0 Å². The first-order chi connectivity index (χ1) is 7.61. The van der Waals surface area contributed by atoms with Gasteiger partial charge in [0.2, 0.25) is 0 Å². The minimum absolute atomic E-state index is 0. The molecule has 0 spiro atoms. The van der Waals surface area contributed by atoms with Crippen LogP contribution in [-0.2, 0) is 9.59 Å². The molecular weight excluding hydrogens is 226 g/mol. The van der Waals surface area contributed by atoms with E-state index < -0.39 is 11.9 Å². The van der Waals surface area contributed by atoms with Gasteiger partial charge in [-0.1, -0.05) is 19.3 Å². The number of carboxylic acids is 2. The fourth-order valence-corrected chi connectivity index (χ4v) is 2.45. The molecule has 6 heteroatoms. The zero-order chi connectivity index (χ0) is 12.0. The van der Waals surface area contributed by atoms with E-state index in [-0.39, 0.29) is 5.48 Å². The Labute approximate surface area is 100 Å². The maximum absolute atomic E-state index is 9.10. The van der Waals surface area contributed by atoms with Crippen molar-refractivity contribution < 1.29 is 25.3 Å². The van der Waals surface area contributed by atoms with Gasteiger partial charge in [-0.05, 0) is 37.8 Å². The van der Waals surface area contributed by atoms with E-state index in [1.165, 1.54) is 45.2 Å². The molecule has 2 atom stereocenters. The van der Waals surface area contributed by atoms with Gasteiger partial charge in [0.05, 0.1) is 0 Å². The van der Waals surface area contributed by atoms with Crippen molar-refractivity contribution in [3.05, 3.63) is 0 Å². The molecule has 1 aliphatic carbocycles. The third kappa shape index (κ3) is 5.65. The molecule has 1 heterocycles. The summed E-state index contributed by atoms with van der Waals surface area (Å²) in [4.78, 5) is 18.2. The SMILES string of the molecule is C1CCC2CNC[C@H]2CC1.O.O=C(O)C(=O)O. The zero-order valence-electron chi connectivity index (χ0n) is 9.82. The molecule has 2 aliphatic rings. The summed E-state index contributed by atoms with van der Waals surface area (Å²) in [7, 11) is 0. The molecule has 6 nitrogen and oxygen atoms in total. The first-order valence-electron chi connectivity index (χ1n) is 5.78. The van der Waals surface area contributed by atoms with Crippen molar-refractivity contribution in [3.8, 4) is 0 Å². The summed E-state index contributed by atoms with van der Waals surface area (Å²) in [5.41, 5.74) is 0. The molecule has 1 saturated carbocycles. The van der Waals surface area contributed by atoms with Gasteiger partial charge in [-0.25, -0.2) is 9.59 Å². The normalized spacial score (nSPS) is 26.6. The highest BCUT2D eigenvalue weighted by atomic mass is 16.4. The number of rotatable bonds is 0. The third-order valence-electron chi connectivity index (χ3n) is 3.31. The van der Waals surface area contributed by atoms with Crippen LogP contribution >= 0.6 is 0 Å². The third-order valence-corrected chi connectivity index (χ3v) is 3.31. The Morgan fingerprint density at radius 1 is 0.882 bits per heavy atom. The van der Waals surface area contributed by atoms with Crippen molar-refractivity contribution in [2.75, 3.05) is 13.1 Å². The number of fused-ring (bicyclic) bond motifs is 1. The van der Waals surface area contributed by atoms with E-state index in [4.69, 9.17) is 19.8 Å². The summed E-state index contributed by atoms with van der Waals surface area (Å²) in [5, 5.41) is 18.3. The lowest BCUT2D eigenvalue weighted by atomic mass is 9.92. The largest absolute Gasteiger partial charge is 0.473 e. The number of hydrogen-bond donors (Lipinski definition) is 3. The molecule has 1 unspecified atom stereocenters. The van der Waals surface area contributed by atoms with Crippen LogP contribution < -0.4 is 5.32 Å². The first kappa shape index (κ1) is 15.9. The molecule has 2 fully saturated rings. The molecule has 0 aromatic rings. The van der Waals surface area contributed by atoms with Gasteiger partial charge in [-0.2, -0.15) is 0 Å². The molecule has 0 amide bonds. The van der Waals surface area contributed by atoms with E-state index in [0.29, 0.717) is 0 Å². The van der Waals surface area contributed by atoms with E-state index in [2.05, 4.69) is 5.32 Å². The highest BCUT2D eigenvalue weighted by molar-refractivity contribution is 6.27. The average molecular weight is 247 g/mol. The Kier molecular flexibility index (Phi) is 7.49. The quantitative estimate of drug-likeness (QED) is 0.525. The Morgan fingerprint density at radius 2 is 1.29 bits per heavy atom. The summed E-state index contributed by atoms with van der Waals surface area (Å²) in [6, 6.07) is 0. The fraction of sp³-hybridized carbons (Fsp3) is 0.818. The highest BCUT2D eigenvalue weighted by Gasteiger charge is 2.27. The van der Waals surface area contributed by atoms with Crippen LogP contribution in [-0.4, -0.2) is 40.7 Å². The fourth-order valence-electron chi connectivity index (χ4n) is 2.45. The van der Waals surface area contributed by atoms with Crippen molar-refractivity contribution in [1.29, 1.82) is 0 Å². The molecule has 0 radical (unpaired) electrons. The maximum atomic E-state index is 9.10. The van der Waals surface area contributed by atoms with Crippen LogP contribution in [0, 0.1) is 11.8 Å². The number of carbonyl (C=O) groups is 2. The average Bonchev–Trinajstić information content (AvgIpc) is 2.56. The lowest BCUT2D eigenvalue weighted by Gasteiger charge is -2.12. The standard InChI is InChI=1S/C9H17N.C2H2O4.H2O/c1-2-4-8-6-10-7-9(8)5-3-1;3-1(4)2(5)6;/h8-10H,1-7H2;(H,3,4)(H,5,6);1H2/t8-,9?;;/m1../s1. The molecule has 100 valence electrons. The van der Waals surface area contributed by atoms with E-state index in [9.17, 15) is 0 Å². The second-order valence-electron chi connectivity index (χ2n) is 4.43. The molecular formula is C11H21NO5. The second-order valence-corrected chi connectivity index (χ2v) is 4.43. The Bertz CT molecular complexity index is 232. The number of hydrogen-bond acceptors (Lipinski definition) is 3. The van der Waals surface area contributed by atoms with Crippen molar-refractivity contribution in [3.63, 3.8) is 0 Å². The molecule has 0 aromatic heterocycles. The van der Waals surface area contributed by atoms with Crippen LogP contribution in [0.5, 0.6) is 0 Å². The van der Waals surface area contributed by atoms with Gasteiger partial charge < -0.3 is 21.0 Å². The molecule has 1 aliphatic heterocycles. The van der Waals surface area contributed by atoms with Gasteiger partial charge >= 0.3 is 11.9 Å². The zero-order valence-corrected chi connectivity index (χ0v) is 9.82. The lowest BCUT2D eigenvalue weighted by molar-refractivity contribution is -0.159. The van der Waals surface area contributed by atoms with Crippen LogP contribution in [0.4, 0.5) is 0 Å². The smallest absolute Gasteiger partial charge is 0.414 e. The van der Waals surface area contributed by atoms with Crippen LogP contribution in [0.3, 0.4) is 0 Å². The van der Waals surface area contributed by atoms with E-state index in [1.54, 1.807) is 0 Å². The van der Waals surface area contributed by atoms with Gasteiger partial charge in [0, 0.05) is 0 Å². The monoisotopic (exact) mass is 247 g/mol. The predicted molar refractivity (Wildman–Crippen MR) is 61.8 cm³/mol. The first-order valence-corrected chi connectivity index (χ1v) is 5.78. The summed E-state index contributed by atoms with van der Waals surface area (Å²) in [6.45, 7) is 2.62. The van der Waals surface area contributed by atoms with Crippen molar-refractivity contribution in [1.82, 2.24) is 5.32 Å². The summed E-state index contributed by atoms with van der Waals surface area (Å²) < 4.78 is 0. The molecule has 5 N–H and O–H groups in total. The van der Waals surface area contributed by atoms with Gasteiger partial charge in [-0.3, -0.25) is 0 Å². The molecule has 1 saturated heterocycles. The highest BCUT2D eigenvalue weighted by Crippen LogP contribution is 2.30. The molecule has 2 rings (SSSR count). The summed E-state index contributed by atoms with van der Waals surface area (Å²) >= 11 is 0. The van der Waals surface area contributed by atoms with E-state index in [1.807, 2.05) is 0 Å². The van der Waals surface area contributed by atoms with Gasteiger partial charge in [0.1, 0.15) is 0 Å². The van der Waals surface area contributed by atoms with Gasteiger partial charge in [0.15, 0.2) is 0 Å². The second kappa shape index (κ2) is 8.03. The van der Waals surface area contributed by atoms with Gasteiger partial charge in [0.25, 0.3) is 0 Å². The molecule has 17 heavy (non-hydrogen) atoms. The summed E-state index contributed by atoms with van der Waals surface area (Å²) in [6.07, 6.45) is 7.47. The Balaban J connectivity index is 0.000000324. The van der Waals surface area contributed by atoms with Crippen LogP contribution in [0.25, 0.3) is 0 Å². The Hall–Kier alpha value is -1.14. The Morgan fingerprint density at radius 3 is 1.65 bits per heavy atom. The number of aliphatic carboxylic acids is 2. The molecule has 0 aromatic carbocycles. The minimum atomic E-state index is -1.82. The van der Waals surface area contributed by atoms with Crippen molar-refractivity contribution in [2.45, 2.75) is 32.1 Å². The van der Waals surface area contributed by atoms with Crippen molar-refractivity contribution >= 4 is 11.9 Å². The van der Waals surface area contributed by atoms with Gasteiger partial charge in [-0.15, -0.1) is 0 Å². The van der Waals surface area contributed by atoms with E-state index in [0.717, 1.165) is 11.8 Å². The minimum Gasteiger partial charge on any atom is -0.473 e. The van der Waals surface area contributed by atoms with Crippen LogP contribution in [0.2, 0.25) is 0 Å². The maximum Gasteiger partial charge on any atom is 0.414 e. The molecule has 0 bridgehead atoms. The van der Waals surface area contributed by atoms with E-state index >= 15 is 0 Å². The number of carboxylic acid groups (broad SMARTS) is 2. The topological polar surface area (TPSA) is 118 Å². The van der Waals surface area contributed by atoms with Crippen LogP contribution in [0.1, 0.15) is 32.1 Å². The van der Waals surface area contributed by atoms with Crippen molar-refractivity contribution in [2.24, 2.45) is 11.8 Å². The lowest BCUT2D eigenvalue weighted by Crippen LogP contribution is -2.09.